The Balaban J connectivity index is 1.56. The fourth-order valence-electron chi connectivity index (χ4n) is 3.67. The number of nitro benzene ring substituents is 1. The summed E-state index contributed by atoms with van der Waals surface area (Å²) in [5.74, 6) is 2.25. The molecule has 0 aliphatic carbocycles. The third-order valence-corrected chi connectivity index (χ3v) is 6.19. The van der Waals surface area contributed by atoms with Crippen molar-refractivity contribution < 1.29 is 19.1 Å². The van der Waals surface area contributed by atoms with Gasteiger partial charge in [0.15, 0.2) is 16.3 Å². The summed E-state index contributed by atoms with van der Waals surface area (Å²) in [4.78, 5) is 16.3. The molecule has 0 radical (unpaired) electrons. The second-order valence-corrected chi connectivity index (χ2v) is 8.36. The molecule has 5 rings (SSSR count). The topological polar surface area (TPSA) is 88.1 Å². The lowest BCUT2D eigenvalue weighted by atomic mass is 10.1. The van der Waals surface area contributed by atoms with Crippen LogP contribution < -0.4 is 19.0 Å². The minimum Gasteiger partial charge on any atom is -0.494 e. The number of thiazole rings is 1. The highest BCUT2D eigenvalue weighted by Gasteiger charge is 2.16. The fourth-order valence-corrected chi connectivity index (χ4v) is 4.60. The van der Waals surface area contributed by atoms with Crippen molar-refractivity contribution in [1.82, 2.24) is 4.57 Å². The molecular weight excluding hydrogens is 454 g/mol. The van der Waals surface area contributed by atoms with Gasteiger partial charge in [0.1, 0.15) is 5.75 Å². The first-order chi connectivity index (χ1) is 16.6. The van der Waals surface area contributed by atoms with Crippen molar-refractivity contribution in [2.24, 2.45) is 4.99 Å². The lowest BCUT2D eigenvalue weighted by Crippen LogP contribution is -2.16. The quantitative estimate of drug-likeness (QED) is 0.259. The molecule has 172 valence electrons. The van der Waals surface area contributed by atoms with Gasteiger partial charge in [0.05, 0.1) is 29.5 Å². The van der Waals surface area contributed by atoms with Crippen molar-refractivity contribution in [3.63, 3.8) is 0 Å². The molecule has 2 heterocycles. The number of rotatable bonds is 7. The molecule has 1 aliphatic rings. The number of nitro groups is 1. The van der Waals surface area contributed by atoms with Crippen molar-refractivity contribution >= 4 is 22.7 Å². The van der Waals surface area contributed by atoms with Gasteiger partial charge in [-0.3, -0.25) is 10.1 Å². The summed E-state index contributed by atoms with van der Waals surface area (Å²) in [6, 6.07) is 20.1. The van der Waals surface area contributed by atoms with Crippen LogP contribution >= 0.6 is 11.3 Å². The number of fused-ring (bicyclic) bond motifs is 1. The highest BCUT2D eigenvalue weighted by Crippen LogP contribution is 2.33. The number of ether oxygens (including phenoxy) is 3. The van der Waals surface area contributed by atoms with Crippen molar-refractivity contribution in [2.75, 3.05) is 13.4 Å². The third-order valence-electron chi connectivity index (χ3n) is 5.32. The standard InChI is InChI=1S/C25H21N3O5S/c1-2-31-21-10-6-19(7-11-21)26-25-27(14-17-3-12-23-24(13-17)33-16-32-23)22(15-34-25)18-4-8-20(9-5-18)28(29)30/h3-13,15H,2,14,16H2,1H3. The summed E-state index contributed by atoms with van der Waals surface area (Å²) in [6.07, 6.45) is 0. The van der Waals surface area contributed by atoms with Crippen LogP contribution in [-0.2, 0) is 6.54 Å². The van der Waals surface area contributed by atoms with E-state index in [1.807, 2.05) is 54.8 Å². The molecule has 9 heteroatoms. The molecule has 0 unspecified atom stereocenters. The average molecular weight is 476 g/mol. The summed E-state index contributed by atoms with van der Waals surface area (Å²) < 4.78 is 18.6. The molecule has 0 atom stereocenters. The molecule has 34 heavy (non-hydrogen) atoms. The van der Waals surface area contributed by atoms with E-state index in [-0.39, 0.29) is 12.5 Å². The van der Waals surface area contributed by atoms with Gasteiger partial charge in [-0.1, -0.05) is 6.07 Å². The highest BCUT2D eigenvalue weighted by atomic mass is 32.1. The van der Waals surface area contributed by atoms with E-state index < -0.39 is 4.92 Å². The zero-order valence-electron chi connectivity index (χ0n) is 18.3. The van der Waals surface area contributed by atoms with Gasteiger partial charge in [0.2, 0.25) is 6.79 Å². The molecule has 4 aromatic rings. The van der Waals surface area contributed by atoms with E-state index >= 15 is 0 Å². The molecule has 0 saturated heterocycles. The van der Waals surface area contributed by atoms with Crippen LogP contribution in [0.15, 0.2) is 77.1 Å². The smallest absolute Gasteiger partial charge is 0.269 e. The molecule has 0 amide bonds. The summed E-state index contributed by atoms with van der Waals surface area (Å²) in [7, 11) is 0. The van der Waals surface area contributed by atoms with Gasteiger partial charge in [0.25, 0.3) is 5.69 Å². The van der Waals surface area contributed by atoms with Gasteiger partial charge < -0.3 is 18.8 Å². The molecule has 0 bridgehead atoms. The normalized spacial score (nSPS) is 12.7. The van der Waals surface area contributed by atoms with Gasteiger partial charge in [-0.05, 0) is 66.6 Å². The Labute approximate surface area is 199 Å². The molecule has 0 spiro atoms. The lowest BCUT2D eigenvalue weighted by Gasteiger charge is -2.10. The molecule has 0 N–H and O–H groups in total. The van der Waals surface area contributed by atoms with Crippen LogP contribution in [0.2, 0.25) is 0 Å². The van der Waals surface area contributed by atoms with Crippen LogP contribution in [0.25, 0.3) is 11.3 Å². The lowest BCUT2D eigenvalue weighted by molar-refractivity contribution is -0.384. The Hall–Kier alpha value is -4.11. The number of nitrogens with zero attached hydrogens (tertiary/aromatic N) is 3. The number of non-ortho nitro benzene ring substituents is 1. The maximum absolute atomic E-state index is 11.1. The van der Waals surface area contributed by atoms with E-state index in [4.69, 9.17) is 19.2 Å². The Morgan fingerprint density at radius 2 is 1.82 bits per heavy atom. The average Bonchev–Trinajstić information content (AvgIpc) is 3.47. The SMILES string of the molecule is CCOc1ccc(N=c2scc(-c3ccc([N+](=O)[O-])cc3)n2Cc2ccc3c(c2)OCO3)cc1. The molecule has 3 aromatic carbocycles. The zero-order chi connectivity index (χ0) is 23.5. The van der Waals surface area contributed by atoms with Crippen molar-refractivity contribution in [2.45, 2.75) is 13.5 Å². The zero-order valence-corrected chi connectivity index (χ0v) is 19.2. The van der Waals surface area contributed by atoms with Crippen molar-refractivity contribution in [3.05, 3.63) is 92.6 Å². The van der Waals surface area contributed by atoms with Crippen LogP contribution in [0.3, 0.4) is 0 Å². The summed E-state index contributed by atoms with van der Waals surface area (Å²) in [5.41, 5.74) is 3.68. The van der Waals surface area contributed by atoms with Gasteiger partial charge >= 0.3 is 0 Å². The molecule has 8 nitrogen and oxygen atoms in total. The first kappa shape index (κ1) is 21.7. The minimum absolute atomic E-state index is 0.0561. The number of aromatic nitrogens is 1. The summed E-state index contributed by atoms with van der Waals surface area (Å²) in [6.45, 7) is 3.32. The van der Waals surface area contributed by atoms with Crippen LogP contribution in [0.1, 0.15) is 12.5 Å². The number of hydrogen-bond donors (Lipinski definition) is 0. The largest absolute Gasteiger partial charge is 0.494 e. The third kappa shape index (κ3) is 4.51. The second kappa shape index (κ2) is 9.40. The highest BCUT2D eigenvalue weighted by molar-refractivity contribution is 7.07. The van der Waals surface area contributed by atoms with Crippen molar-refractivity contribution in [1.29, 1.82) is 0 Å². The maximum Gasteiger partial charge on any atom is 0.269 e. The maximum atomic E-state index is 11.1. The van der Waals surface area contributed by atoms with Crippen LogP contribution in [-0.4, -0.2) is 22.9 Å². The fraction of sp³-hybridized carbons (Fsp3) is 0.160. The second-order valence-electron chi connectivity index (χ2n) is 7.52. The van der Waals surface area contributed by atoms with Crippen LogP contribution in [0.4, 0.5) is 11.4 Å². The van der Waals surface area contributed by atoms with E-state index in [1.165, 1.54) is 23.5 Å². The molecular formula is C25H21N3O5S. The monoisotopic (exact) mass is 475 g/mol. The van der Waals surface area contributed by atoms with Crippen LogP contribution in [0.5, 0.6) is 17.2 Å². The molecule has 0 fully saturated rings. The van der Waals surface area contributed by atoms with Gasteiger partial charge in [-0.25, -0.2) is 4.99 Å². The Morgan fingerprint density at radius 1 is 1.06 bits per heavy atom. The first-order valence-corrected chi connectivity index (χ1v) is 11.6. The Morgan fingerprint density at radius 3 is 2.56 bits per heavy atom. The summed E-state index contributed by atoms with van der Waals surface area (Å²) >= 11 is 1.51. The Kier molecular flexibility index (Phi) is 6.01. The molecule has 1 aliphatic heterocycles. The predicted octanol–water partition coefficient (Wildman–Crippen LogP) is 5.53. The minimum atomic E-state index is -0.398. The van der Waals surface area contributed by atoms with Gasteiger partial charge in [-0.15, -0.1) is 11.3 Å². The molecule has 1 aromatic heterocycles. The van der Waals surface area contributed by atoms with E-state index in [0.717, 1.165) is 44.6 Å². The number of hydrogen-bond acceptors (Lipinski definition) is 7. The van der Waals surface area contributed by atoms with E-state index in [2.05, 4.69) is 4.57 Å². The summed E-state index contributed by atoms with van der Waals surface area (Å²) in [5, 5.41) is 13.1. The Bertz CT molecular complexity index is 1390. The van der Waals surface area contributed by atoms with E-state index in [9.17, 15) is 10.1 Å². The van der Waals surface area contributed by atoms with Gasteiger partial charge in [-0.2, -0.15) is 0 Å². The number of benzene rings is 3. The first-order valence-electron chi connectivity index (χ1n) is 10.7. The van der Waals surface area contributed by atoms with Gasteiger partial charge in [0, 0.05) is 17.5 Å². The van der Waals surface area contributed by atoms with E-state index in [1.54, 1.807) is 12.1 Å². The molecule has 0 saturated carbocycles. The van der Waals surface area contributed by atoms with E-state index in [0.29, 0.717) is 13.2 Å². The van der Waals surface area contributed by atoms with Crippen LogP contribution in [0, 0.1) is 10.1 Å². The predicted molar refractivity (Wildman–Crippen MR) is 129 cm³/mol. The van der Waals surface area contributed by atoms with Crippen molar-refractivity contribution in [3.8, 4) is 28.5 Å².